The van der Waals surface area contributed by atoms with E-state index in [1.54, 1.807) is 36.4 Å². The minimum Gasteiger partial charge on any atom is -0.352 e. The molecule has 1 heterocycles. The number of para-hydroxylation sites is 2. The van der Waals surface area contributed by atoms with Gasteiger partial charge in [-0.1, -0.05) is 46.3 Å². The summed E-state index contributed by atoms with van der Waals surface area (Å²) >= 11 is 3.37. The zero-order chi connectivity index (χ0) is 20.9. The summed E-state index contributed by atoms with van der Waals surface area (Å²) in [6, 6.07) is 21.9. The van der Waals surface area contributed by atoms with E-state index >= 15 is 0 Å². The number of imidazole rings is 1. The lowest BCUT2D eigenvalue weighted by Crippen LogP contribution is -2.26. The highest BCUT2D eigenvalue weighted by molar-refractivity contribution is 9.10. The standard InChI is InChI=1S/C24H20BrN3O2/c25-17-13-11-16(12-14-17)23(29)18-6-1-2-7-19(18)24(30)26-15-5-10-22-27-20-8-3-4-9-21(20)28-22/h1-4,6-9,11-14H,5,10,15H2,(H,26,30)(H,27,28). The van der Waals surface area contributed by atoms with Crippen molar-refractivity contribution in [3.05, 3.63) is 99.8 Å². The highest BCUT2D eigenvalue weighted by Gasteiger charge is 2.17. The van der Waals surface area contributed by atoms with Crippen molar-refractivity contribution in [3.63, 3.8) is 0 Å². The van der Waals surface area contributed by atoms with E-state index in [2.05, 4.69) is 31.2 Å². The maximum atomic E-state index is 12.9. The molecule has 6 heteroatoms. The first-order valence-corrected chi connectivity index (χ1v) is 10.5. The zero-order valence-corrected chi connectivity index (χ0v) is 17.8. The number of aromatic amines is 1. The van der Waals surface area contributed by atoms with Gasteiger partial charge in [0.25, 0.3) is 5.91 Å². The Hall–Kier alpha value is -3.25. The lowest BCUT2D eigenvalue weighted by Gasteiger charge is -2.09. The number of aromatic nitrogens is 2. The SMILES string of the molecule is O=C(NCCCc1nc2ccccc2[nH]1)c1ccccc1C(=O)c1ccc(Br)cc1. The fraction of sp³-hybridized carbons (Fsp3) is 0.125. The van der Waals surface area contributed by atoms with Crippen LogP contribution in [0.25, 0.3) is 11.0 Å². The monoisotopic (exact) mass is 461 g/mol. The van der Waals surface area contributed by atoms with E-state index in [1.165, 1.54) is 0 Å². The van der Waals surface area contributed by atoms with Gasteiger partial charge in [-0.2, -0.15) is 0 Å². The lowest BCUT2D eigenvalue weighted by molar-refractivity contribution is 0.0941. The van der Waals surface area contributed by atoms with Crippen molar-refractivity contribution in [1.82, 2.24) is 15.3 Å². The van der Waals surface area contributed by atoms with Gasteiger partial charge < -0.3 is 10.3 Å². The van der Waals surface area contributed by atoms with Gasteiger partial charge in [0.15, 0.2) is 5.78 Å². The quantitative estimate of drug-likeness (QED) is 0.303. The maximum absolute atomic E-state index is 12.9. The van der Waals surface area contributed by atoms with Crippen LogP contribution >= 0.6 is 15.9 Å². The summed E-state index contributed by atoms with van der Waals surface area (Å²) in [5, 5.41) is 2.92. The van der Waals surface area contributed by atoms with Crippen LogP contribution in [0.2, 0.25) is 0 Å². The van der Waals surface area contributed by atoms with Crippen molar-refractivity contribution in [1.29, 1.82) is 0 Å². The number of hydrogen-bond donors (Lipinski definition) is 2. The zero-order valence-electron chi connectivity index (χ0n) is 16.2. The van der Waals surface area contributed by atoms with Crippen molar-refractivity contribution < 1.29 is 9.59 Å². The van der Waals surface area contributed by atoms with Crippen molar-refractivity contribution in [2.24, 2.45) is 0 Å². The van der Waals surface area contributed by atoms with Gasteiger partial charge in [-0.05, 0) is 48.9 Å². The number of carbonyl (C=O) groups is 2. The normalized spacial score (nSPS) is 10.8. The van der Waals surface area contributed by atoms with Crippen LogP contribution in [-0.4, -0.2) is 28.2 Å². The number of halogens is 1. The van der Waals surface area contributed by atoms with E-state index in [4.69, 9.17) is 0 Å². The van der Waals surface area contributed by atoms with Gasteiger partial charge in [-0.15, -0.1) is 0 Å². The molecule has 4 aromatic rings. The topological polar surface area (TPSA) is 74.8 Å². The van der Waals surface area contributed by atoms with E-state index < -0.39 is 0 Å². The molecule has 0 saturated heterocycles. The van der Waals surface area contributed by atoms with Gasteiger partial charge in [-0.25, -0.2) is 4.98 Å². The molecule has 0 aliphatic carbocycles. The van der Waals surface area contributed by atoms with Crippen LogP contribution in [0.15, 0.2) is 77.3 Å². The second kappa shape index (κ2) is 9.05. The van der Waals surface area contributed by atoms with Crippen molar-refractivity contribution in [3.8, 4) is 0 Å². The molecule has 1 amide bonds. The number of ketones is 1. The van der Waals surface area contributed by atoms with Gasteiger partial charge in [0.2, 0.25) is 0 Å². The summed E-state index contributed by atoms with van der Waals surface area (Å²) in [4.78, 5) is 33.4. The Morgan fingerprint density at radius 2 is 1.60 bits per heavy atom. The van der Waals surface area contributed by atoms with Crippen molar-refractivity contribution in [2.75, 3.05) is 6.54 Å². The first-order valence-electron chi connectivity index (χ1n) is 9.73. The average Bonchev–Trinajstić information content (AvgIpc) is 3.19. The molecular weight excluding hydrogens is 442 g/mol. The third-order valence-corrected chi connectivity index (χ3v) is 5.37. The molecule has 0 aliphatic heterocycles. The Kier molecular flexibility index (Phi) is 6.05. The van der Waals surface area contributed by atoms with Gasteiger partial charge in [0, 0.05) is 28.6 Å². The number of rotatable bonds is 7. The molecule has 0 unspecified atom stereocenters. The highest BCUT2D eigenvalue weighted by atomic mass is 79.9. The van der Waals surface area contributed by atoms with E-state index in [1.807, 2.05) is 36.4 Å². The molecule has 4 rings (SSSR count). The molecule has 0 saturated carbocycles. The summed E-state index contributed by atoms with van der Waals surface area (Å²) in [5.74, 6) is 0.479. The molecule has 1 aromatic heterocycles. The number of carbonyl (C=O) groups excluding carboxylic acids is 2. The molecule has 150 valence electrons. The van der Waals surface area contributed by atoms with Crippen LogP contribution in [0, 0.1) is 0 Å². The van der Waals surface area contributed by atoms with Gasteiger partial charge in [0.1, 0.15) is 5.82 Å². The van der Waals surface area contributed by atoms with Gasteiger partial charge >= 0.3 is 0 Å². The third kappa shape index (κ3) is 4.49. The minimum absolute atomic E-state index is 0.171. The summed E-state index contributed by atoms with van der Waals surface area (Å²) < 4.78 is 0.898. The molecule has 2 N–H and O–H groups in total. The number of H-pyrrole nitrogens is 1. The molecule has 0 spiro atoms. The van der Waals surface area contributed by atoms with Crippen LogP contribution < -0.4 is 5.32 Å². The Morgan fingerprint density at radius 3 is 2.37 bits per heavy atom. The number of fused-ring (bicyclic) bond motifs is 1. The predicted molar refractivity (Wildman–Crippen MR) is 121 cm³/mol. The van der Waals surface area contributed by atoms with E-state index in [9.17, 15) is 9.59 Å². The number of aryl methyl sites for hydroxylation is 1. The molecule has 0 radical (unpaired) electrons. The first-order chi connectivity index (χ1) is 14.6. The number of hydrogen-bond acceptors (Lipinski definition) is 3. The largest absolute Gasteiger partial charge is 0.352 e. The van der Waals surface area contributed by atoms with E-state index in [-0.39, 0.29) is 11.7 Å². The summed E-state index contributed by atoms with van der Waals surface area (Å²) in [6.45, 7) is 0.497. The van der Waals surface area contributed by atoms with Crippen molar-refractivity contribution in [2.45, 2.75) is 12.8 Å². The highest BCUT2D eigenvalue weighted by Crippen LogP contribution is 2.17. The smallest absolute Gasteiger partial charge is 0.252 e. The summed E-state index contributed by atoms with van der Waals surface area (Å²) in [5.41, 5.74) is 3.28. The van der Waals surface area contributed by atoms with Gasteiger partial charge in [-0.3, -0.25) is 9.59 Å². The lowest BCUT2D eigenvalue weighted by atomic mass is 9.98. The van der Waals surface area contributed by atoms with Crippen LogP contribution in [0.3, 0.4) is 0 Å². The molecule has 0 bridgehead atoms. The third-order valence-electron chi connectivity index (χ3n) is 4.84. The fourth-order valence-corrected chi connectivity index (χ4v) is 3.58. The van der Waals surface area contributed by atoms with Gasteiger partial charge in [0.05, 0.1) is 16.6 Å². The maximum Gasteiger partial charge on any atom is 0.252 e. The number of amides is 1. The van der Waals surface area contributed by atoms with E-state index in [0.717, 1.165) is 34.2 Å². The summed E-state index contributed by atoms with van der Waals surface area (Å²) in [6.07, 6.45) is 1.48. The second-order valence-electron chi connectivity index (χ2n) is 6.94. The molecule has 0 aliphatic rings. The average molecular weight is 462 g/mol. The number of benzene rings is 3. The Morgan fingerprint density at radius 1 is 0.900 bits per heavy atom. The fourth-order valence-electron chi connectivity index (χ4n) is 3.31. The van der Waals surface area contributed by atoms with Crippen LogP contribution in [0.1, 0.15) is 38.5 Å². The predicted octanol–water partition coefficient (Wildman–Crippen LogP) is 4.92. The summed E-state index contributed by atoms with van der Waals surface area (Å²) in [7, 11) is 0. The van der Waals surface area contributed by atoms with Crippen LogP contribution in [-0.2, 0) is 6.42 Å². The van der Waals surface area contributed by atoms with Crippen molar-refractivity contribution >= 4 is 38.7 Å². The molecule has 5 nitrogen and oxygen atoms in total. The molecule has 30 heavy (non-hydrogen) atoms. The van der Waals surface area contributed by atoms with Crippen LogP contribution in [0.5, 0.6) is 0 Å². The molecule has 0 fully saturated rings. The number of nitrogens with zero attached hydrogens (tertiary/aromatic N) is 1. The minimum atomic E-state index is -0.249. The molecular formula is C24H20BrN3O2. The number of nitrogens with one attached hydrogen (secondary N) is 2. The Balaban J connectivity index is 1.38. The first kappa shape index (κ1) is 20.0. The second-order valence-corrected chi connectivity index (χ2v) is 7.86. The molecule has 3 aromatic carbocycles. The Bertz CT molecular complexity index is 1170. The Labute approximate surface area is 182 Å². The molecule has 0 atom stereocenters. The van der Waals surface area contributed by atoms with E-state index in [0.29, 0.717) is 23.2 Å². The van der Waals surface area contributed by atoms with Crippen LogP contribution in [0.4, 0.5) is 0 Å².